The molecule has 0 saturated heterocycles. The molecule has 0 heterocycles. The number of ether oxygens (including phenoxy) is 2. The van der Waals surface area contributed by atoms with Crippen LogP contribution in [0.4, 0.5) is 0 Å². The Kier molecular flexibility index (Phi) is 5.07. The summed E-state index contributed by atoms with van der Waals surface area (Å²) in [5.74, 6) is -0.395. The van der Waals surface area contributed by atoms with Gasteiger partial charge in [-0.05, 0) is 23.3 Å². The number of hydrogen-bond acceptors (Lipinski definition) is 4. The fourth-order valence-electron chi connectivity index (χ4n) is 1.99. The topological polar surface area (TPSA) is 55.8 Å². The summed E-state index contributed by atoms with van der Waals surface area (Å²) < 4.78 is 9.82. The zero-order valence-electron chi connectivity index (χ0n) is 12.2. The normalized spacial score (nSPS) is 10.7. The fourth-order valence-corrected chi connectivity index (χ4v) is 2.18. The zero-order chi connectivity index (χ0) is 16.1. The first-order valence-corrected chi connectivity index (χ1v) is 6.86. The van der Waals surface area contributed by atoms with Crippen LogP contribution in [0.5, 0.6) is 11.5 Å². The van der Waals surface area contributed by atoms with Crippen molar-refractivity contribution in [1.82, 2.24) is 0 Å². The van der Waals surface area contributed by atoms with Crippen molar-refractivity contribution < 1.29 is 19.4 Å². The van der Waals surface area contributed by atoms with Gasteiger partial charge in [-0.25, -0.2) is 4.79 Å². The quantitative estimate of drug-likeness (QED) is 0.683. The summed E-state index contributed by atoms with van der Waals surface area (Å²) in [4.78, 5) is 11.8. The molecule has 2 aromatic carbocycles. The average Bonchev–Trinajstić information content (AvgIpc) is 2.52. The van der Waals surface area contributed by atoms with Gasteiger partial charge in [0.25, 0.3) is 0 Å². The fraction of sp³-hybridized carbons (Fsp3) is 0.118. The number of halogens is 1. The molecule has 0 spiro atoms. The van der Waals surface area contributed by atoms with Crippen molar-refractivity contribution in [3.05, 3.63) is 58.1 Å². The highest BCUT2D eigenvalue weighted by molar-refractivity contribution is 6.32. The molecule has 22 heavy (non-hydrogen) atoms. The minimum Gasteiger partial charge on any atom is -0.507 e. The Hall–Kier alpha value is -2.46. The van der Waals surface area contributed by atoms with Gasteiger partial charge in [0.05, 0.1) is 14.2 Å². The Morgan fingerprint density at radius 1 is 1.14 bits per heavy atom. The van der Waals surface area contributed by atoms with Gasteiger partial charge in [-0.2, -0.15) is 0 Å². The van der Waals surface area contributed by atoms with Crippen LogP contribution in [0.3, 0.4) is 0 Å². The van der Waals surface area contributed by atoms with E-state index in [1.54, 1.807) is 24.3 Å². The molecule has 0 unspecified atom stereocenters. The molecule has 0 aliphatic heterocycles. The number of carbonyl (C=O) groups excluding carboxylic acids is 1. The Bertz CT molecular complexity index is 723. The molecule has 0 fully saturated rings. The van der Waals surface area contributed by atoms with Crippen molar-refractivity contribution >= 4 is 29.7 Å². The van der Waals surface area contributed by atoms with Crippen molar-refractivity contribution in [2.75, 3.05) is 14.2 Å². The number of carbonyl (C=O) groups is 1. The van der Waals surface area contributed by atoms with E-state index in [2.05, 4.69) is 0 Å². The monoisotopic (exact) mass is 318 g/mol. The van der Waals surface area contributed by atoms with E-state index in [0.29, 0.717) is 16.3 Å². The highest BCUT2D eigenvalue weighted by Gasteiger charge is 2.17. The van der Waals surface area contributed by atoms with E-state index in [1.807, 2.05) is 18.2 Å². The number of hydrogen-bond donors (Lipinski definition) is 1. The van der Waals surface area contributed by atoms with E-state index in [4.69, 9.17) is 21.1 Å². The first kappa shape index (κ1) is 15.9. The molecule has 1 N–H and O–H groups in total. The summed E-state index contributed by atoms with van der Waals surface area (Å²) in [5, 5.41) is 10.6. The lowest BCUT2D eigenvalue weighted by Gasteiger charge is -2.09. The lowest BCUT2D eigenvalue weighted by Crippen LogP contribution is -2.04. The summed E-state index contributed by atoms with van der Waals surface area (Å²) in [7, 11) is 2.74. The standard InChI is InChI=1S/C17H15ClO4/c1-21-13-9-12(16(15(19)10-13)17(20)22-2)8-7-11-5-3-4-6-14(11)18/h3-10,19H,1-2H3. The zero-order valence-corrected chi connectivity index (χ0v) is 12.9. The molecule has 114 valence electrons. The molecular weight excluding hydrogens is 304 g/mol. The van der Waals surface area contributed by atoms with Crippen LogP contribution in [0.2, 0.25) is 5.02 Å². The number of rotatable bonds is 4. The number of aromatic hydroxyl groups is 1. The maximum atomic E-state index is 11.8. The Morgan fingerprint density at radius 3 is 2.45 bits per heavy atom. The second-order valence-electron chi connectivity index (χ2n) is 4.46. The lowest BCUT2D eigenvalue weighted by atomic mass is 10.0. The van der Waals surface area contributed by atoms with Gasteiger partial charge in [-0.1, -0.05) is 42.0 Å². The van der Waals surface area contributed by atoms with Crippen molar-refractivity contribution in [2.24, 2.45) is 0 Å². The number of esters is 1. The number of methoxy groups -OCH3 is 2. The van der Waals surface area contributed by atoms with Crippen molar-refractivity contribution in [2.45, 2.75) is 0 Å². The molecule has 0 radical (unpaired) electrons. The van der Waals surface area contributed by atoms with Crippen molar-refractivity contribution in [1.29, 1.82) is 0 Å². The molecule has 0 aliphatic carbocycles. The van der Waals surface area contributed by atoms with E-state index in [0.717, 1.165) is 5.56 Å². The third-order valence-electron chi connectivity index (χ3n) is 3.09. The van der Waals surface area contributed by atoms with Crippen LogP contribution in [0, 0.1) is 0 Å². The predicted molar refractivity (Wildman–Crippen MR) is 86.4 cm³/mol. The van der Waals surface area contributed by atoms with Gasteiger partial charge in [0.15, 0.2) is 0 Å². The van der Waals surface area contributed by atoms with Crippen LogP contribution in [0.1, 0.15) is 21.5 Å². The second-order valence-corrected chi connectivity index (χ2v) is 4.86. The summed E-state index contributed by atoms with van der Waals surface area (Å²) in [6.45, 7) is 0. The molecule has 0 atom stereocenters. The highest BCUT2D eigenvalue weighted by atomic mass is 35.5. The Balaban J connectivity index is 2.51. The highest BCUT2D eigenvalue weighted by Crippen LogP contribution is 2.30. The molecule has 5 heteroatoms. The molecular formula is C17H15ClO4. The second kappa shape index (κ2) is 7.00. The van der Waals surface area contributed by atoms with Gasteiger partial charge in [0, 0.05) is 11.1 Å². The molecule has 0 amide bonds. The maximum absolute atomic E-state index is 11.8. The van der Waals surface area contributed by atoms with Crippen LogP contribution >= 0.6 is 11.6 Å². The maximum Gasteiger partial charge on any atom is 0.342 e. The predicted octanol–water partition coefficient (Wildman–Crippen LogP) is 4.01. The molecule has 2 rings (SSSR count). The van der Waals surface area contributed by atoms with E-state index in [1.165, 1.54) is 20.3 Å². The smallest absolute Gasteiger partial charge is 0.342 e. The Labute approximate surface area is 133 Å². The minimum atomic E-state index is -0.626. The molecule has 0 aromatic heterocycles. The Morgan fingerprint density at radius 2 is 1.82 bits per heavy atom. The van der Waals surface area contributed by atoms with Crippen molar-refractivity contribution in [3.63, 3.8) is 0 Å². The number of phenolic OH excluding ortho intramolecular Hbond substituents is 1. The van der Waals surface area contributed by atoms with Gasteiger partial charge >= 0.3 is 5.97 Å². The van der Waals surface area contributed by atoms with Gasteiger partial charge in [0.1, 0.15) is 17.1 Å². The molecule has 0 saturated carbocycles. The molecule has 2 aromatic rings. The summed E-state index contributed by atoms with van der Waals surface area (Å²) >= 11 is 6.09. The summed E-state index contributed by atoms with van der Waals surface area (Å²) in [6, 6.07) is 10.3. The van der Waals surface area contributed by atoms with Crippen LogP contribution in [0.25, 0.3) is 12.2 Å². The van der Waals surface area contributed by atoms with E-state index < -0.39 is 5.97 Å². The third-order valence-corrected chi connectivity index (χ3v) is 3.44. The van der Waals surface area contributed by atoms with E-state index in [-0.39, 0.29) is 11.3 Å². The number of phenols is 1. The number of benzene rings is 2. The van der Waals surface area contributed by atoms with Gasteiger partial charge < -0.3 is 14.6 Å². The molecule has 4 nitrogen and oxygen atoms in total. The SMILES string of the molecule is COC(=O)c1c(O)cc(OC)cc1C=Cc1ccccc1Cl. The first-order chi connectivity index (χ1) is 10.6. The van der Waals surface area contributed by atoms with Gasteiger partial charge in [0.2, 0.25) is 0 Å². The lowest BCUT2D eigenvalue weighted by molar-refractivity contribution is 0.0597. The molecule has 0 aliphatic rings. The third kappa shape index (κ3) is 3.40. The summed E-state index contributed by atoms with van der Waals surface area (Å²) in [6.07, 6.45) is 3.43. The summed E-state index contributed by atoms with van der Waals surface area (Å²) in [5.41, 5.74) is 1.34. The van der Waals surface area contributed by atoms with Gasteiger partial charge in [-0.15, -0.1) is 0 Å². The van der Waals surface area contributed by atoms with Crippen LogP contribution in [0.15, 0.2) is 36.4 Å². The van der Waals surface area contributed by atoms with Crippen LogP contribution in [-0.4, -0.2) is 25.3 Å². The minimum absolute atomic E-state index is 0.0756. The van der Waals surface area contributed by atoms with Crippen LogP contribution in [-0.2, 0) is 4.74 Å². The van der Waals surface area contributed by atoms with E-state index >= 15 is 0 Å². The largest absolute Gasteiger partial charge is 0.507 e. The molecule has 0 bridgehead atoms. The first-order valence-electron chi connectivity index (χ1n) is 6.48. The average molecular weight is 319 g/mol. The van der Waals surface area contributed by atoms with Crippen LogP contribution < -0.4 is 4.74 Å². The van der Waals surface area contributed by atoms with E-state index in [9.17, 15) is 9.90 Å². The van der Waals surface area contributed by atoms with Gasteiger partial charge in [-0.3, -0.25) is 0 Å². The van der Waals surface area contributed by atoms with Crippen molar-refractivity contribution in [3.8, 4) is 11.5 Å².